The van der Waals surface area contributed by atoms with Gasteiger partial charge < -0.3 is 9.26 Å². The van der Waals surface area contributed by atoms with Crippen molar-refractivity contribution in [3.05, 3.63) is 59.5 Å². The summed E-state index contributed by atoms with van der Waals surface area (Å²) in [5, 5.41) is 5.50. The number of esters is 1. The molecule has 7 nitrogen and oxygen atoms in total. The number of nitrogens with zero attached hydrogens (tertiary/aromatic N) is 1. The number of fused-ring (bicyclic) bond motifs is 1. The molecule has 0 spiro atoms. The highest BCUT2D eigenvalue weighted by atomic mass is 32.2. The molecule has 3 rings (SSSR count). The Bertz CT molecular complexity index is 1040. The van der Waals surface area contributed by atoms with Gasteiger partial charge in [0.2, 0.25) is 10.0 Å². The van der Waals surface area contributed by atoms with Crippen molar-refractivity contribution in [1.82, 2.24) is 9.88 Å². The molecule has 136 valence electrons. The van der Waals surface area contributed by atoms with Crippen LogP contribution in [0.4, 0.5) is 0 Å². The number of nitrogens with one attached hydrogen (secondary N) is 1. The molecule has 0 bridgehead atoms. The van der Waals surface area contributed by atoms with Crippen molar-refractivity contribution in [3.63, 3.8) is 0 Å². The molecule has 2 aromatic carbocycles. The minimum absolute atomic E-state index is 0.0162. The lowest BCUT2D eigenvalue weighted by atomic mass is 10.1. The van der Waals surface area contributed by atoms with E-state index >= 15 is 0 Å². The van der Waals surface area contributed by atoms with Crippen LogP contribution in [-0.2, 0) is 26.2 Å². The summed E-state index contributed by atoms with van der Waals surface area (Å²) in [6.45, 7) is 2.98. The van der Waals surface area contributed by atoms with Gasteiger partial charge in [-0.25, -0.2) is 8.42 Å². The topological polar surface area (TPSA) is 98.5 Å². The summed E-state index contributed by atoms with van der Waals surface area (Å²) < 4.78 is 37.1. The van der Waals surface area contributed by atoms with Crippen molar-refractivity contribution in [2.24, 2.45) is 0 Å². The Morgan fingerprint density at radius 3 is 2.58 bits per heavy atom. The molecule has 26 heavy (non-hydrogen) atoms. The first-order valence-electron chi connectivity index (χ1n) is 7.92. The number of benzene rings is 2. The smallest absolute Gasteiger partial charge is 0.321 e. The van der Waals surface area contributed by atoms with Crippen LogP contribution < -0.4 is 4.72 Å². The fourth-order valence-corrected chi connectivity index (χ4v) is 3.49. The Morgan fingerprint density at radius 1 is 1.15 bits per heavy atom. The van der Waals surface area contributed by atoms with Crippen LogP contribution in [0.15, 0.2) is 51.9 Å². The Kier molecular flexibility index (Phi) is 5.06. The van der Waals surface area contributed by atoms with Crippen molar-refractivity contribution < 1.29 is 22.5 Å². The van der Waals surface area contributed by atoms with E-state index in [9.17, 15) is 13.2 Å². The molecule has 0 amide bonds. The summed E-state index contributed by atoms with van der Waals surface area (Å²) in [5.41, 5.74) is 1.31. The number of carbonyl (C=O) groups is 1. The number of ether oxygens (including phenoxy) is 1. The summed E-state index contributed by atoms with van der Waals surface area (Å²) in [5.74, 6) is -0.124. The van der Waals surface area contributed by atoms with E-state index in [1.54, 1.807) is 26.0 Å². The summed E-state index contributed by atoms with van der Waals surface area (Å²) in [6, 6.07) is 12.2. The molecule has 3 aromatic rings. The van der Waals surface area contributed by atoms with E-state index in [1.807, 2.05) is 24.3 Å². The van der Waals surface area contributed by atoms with Gasteiger partial charge in [0.25, 0.3) is 0 Å². The molecule has 8 heteroatoms. The number of hydrogen-bond acceptors (Lipinski definition) is 6. The van der Waals surface area contributed by atoms with Crippen LogP contribution in [0, 0.1) is 13.8 Å². The maximum atomic E-state index is 12.4. The highest BCUT2D eigenvalue weighted by molar-refractivity contribution is 7.89. The van der Waals surface area contributed by atoms with E-state index in [0.29, 0.717) is 17.0 Å². The van der Waals surface area contributed by atoms with Gasteiger partial charge in [0.15, 0.2) is 0 Å². The first-order valence-corrected chi connectivity index (χ1v) is 9.41. The van der Waals surface area contributed by atoms with Gasteiger partial charge in [-0.3, -0.25) is 4.79 Å². The highest BCUT2D eigenvalue weighted by Gasteiger charge is 2.17. The predicted molar refractivity (Wildman–Crippen MR) is 94.9 cm³/mol. The molecule has 0 unspecified atom stereocenters. The third kappa shape index (κ3) is 3.92. The predicted octanol–water partition coefficient (Wildman–Crippen LogP) is 2.47. The third-order valence-electron chi connectivity index (χ3n) is 4.00. The fraction of sp³-hybridized carbons (Fsp3) is 0.222. The molecule has 0 aliphatic heterocycles. The second-order valence-corrected chi connectivity index (χ2v) is 7.56. The van der Waals surface area contributed by atoms with Gasteiger partial charge in [-0.1, -0.05) is 35.5 Å². The summed E-state index contributed by atoms with van der Waals surface area (Å²) in [6.07, 6.45) is 0. The molecule has 0 saturated heterocycles. The van der Waals surface area contributed by atoms with Crippen LogP contribution in [0.25, 0.3) is 10.8 Å². The minimum Gasteiger partial charge on any atom is -0.460 e. The maximum absolute atomic E-state index is 12.4. The van der Waals surface area contributed by atoms with Crippen LogP contribution >= 0.6 is 0 Å². The molecule has 0 saturated carbocycles. The number of rotatable bonds is 6. The first kappa shape index (κ1) is 18.1. The van der Waals surface area contributed by atoms with Crippen molar-refractivity contribution >= 4 is 26.8 Å². The lowest BCUT2D eigenvalue weighted by Gasteiger charge is -2.08. The van der Waals surface area contributed by atoms with Crippen LogP contribution in [0.5, 0.6) is 0 Å². The van der Waals surface area contributed by atoms with Gasteiger partial charge in [0, 0.05) is 0 Å². The summed E-state index contributed by atoms with van der Waals surface area (Å²) >= 11 is 0. The average Bonchev–Trinajstić information content (AvgIpc) is 2.96. The standard InChI is InChI=1S/C18H18N2O5S/c1-12-17(13(2)25-20-12)11-24-18(21)10-19-26(22,23)16-8-7-14-5-3-4-6-15(14)9-16/h3-9,19H,10-11H2,1-2H3. The third-order valence-corrected chi connectivity index (χ3v) is 5.40. The normalized spacial score (nSPS) is 11.6. The molecule has 0 aliphatic carbocycles. The Labute approximate surface area is 151 Å². The van der Waals surface area contributed by atoms with Gasteiger partial charge in [-0.05, 0) is 36.8 Å². The van der Waals surface area contributed by atoms with E-state index in [4.69, 9.17) is 9.26 Å². The zero-order valence-electron chi connectivity index (χ0n) is 14.4. The molecule has 1 N–H and O–H groups in total. The van der Waals surface area contributed by atoms with Crippen molar-refractivity contribution in [1.29, 1.82) is 0 Å². The van der Waals surface area contributed by atoms with Gasteiger partial charge in [-0.15, -0.1) is 0 Å². The fourth-order valence-electron chi connectivity index (χ4n) is 2.48. The molecular weight excluding hydrogens is 356 g/mol. The molecule has 0 fully saturated rings. The largest absolute Gasteiger partial charge is 0.460 e. The number of hydrogen-bond donors (Lipinski definition) is 1. The second-order valence-electron chi connectivity index (χ2n) is 5.80. The van der Waals surface area contributed by atoms with E-state index < -0.39 is 22.5 Å². The summed E-state index contributed by atoms with van der Waals surface area (Å²) in [4.78, 5) is 11.9. The zero-order chi connectivity index (χ0) is 18.7. The molecule has 0 atom stereocenters. The van der Waals surface area contributed by atoms with Gasteiger partial charge in [0.1, 0.15) is 18.9 Å². The lowest BCUT2D eigenvalue weighted by molar-refractivity contribution is -0.143. The van der Waals surface area contributed by atoms with Crippen LogP contribution in [0.1, 0.15) is 17.0 Å². The SMILES string of the molecule is Cc1noc(C)c1COC(=O)CNS(=O)(=O)c1ccc2ccccc2c1. The van der Waals surface area contributed by atoms with Crippen molar-refractivity contribution in [3.8, 4) is 0 Å². The quantitative estimate of drug-likeness (QED) is 0.666. The molecule has 0 radical (unpaired) electrons. The van der Waals surface area contributed by atoms with E-state index in [2.05, 4.69) is 9.88 Å². The maximum Gasteiger partial charge on any atom is 0.321 e. The summed E-state index contributed by atoms with van der Waals surface area (Å²) in [7, 11) is -3.82. The number of carbonyl (C=O) groups excluding carboxylic acids is 1. The Morgan fingerprint density at radius 2 is 1.88 bits per heavy atom. The van der Waals surface area contributed by atoms with Gasteiger partial charge in [-0.2, -0.15) is 4.72 Å². The van der Waals surface area contributed by atoms with Crippen LogP contribution in [0.3, 0.4) is 0 Å². The van der Waals surface area contributed by atoms with E-state index in [0.717, 1.165) is 10.8 Å². The molecule has 1 aromatic heterocycles. The molecule has 1 heterocycles. The monoisotopic (exact) mass is 374 g/mol. The van der Waals surface area contributed by atoms with Gasteiger partial charge >= 0.3 is 5.97 Å². The number of aromatic nitrogens is 1. The Hall–Kier alpha value is -2.71. The average molecular weight is 374 g/mol. The highest BCUT2D eigenvalue weighted by Crippen LogP contribution is 2.19. The lowest BCUT2D eigenvalue weighted by Crippen LogP contribution is -2.30. The molecule has 0 aliphatic rings. The van der Waals surface area contributed by atoms with Gasteiger partial charge in [0.05, 0.1) is 16.2 Å². The van der Waals surface area contributed by atoms with Crippen molar-refractivity contribution in [2.45, 2.75) is 25.3 Å². The first-order chi connectivity index (χ1) is 12.4. The van der Waals surface area contributed by atoms with E-state index in [-0.39, 0.29) is 11.5 Å². The number of sulfonamides is 1. The zero-order valence-corrected chi connectivity index (χ0v) is 15.2. The van der Waals surface area contributed by atoms with Crippen molar-refractivity contribution in [2.75, 3.05) is 6.54 Å². The minimum atomic E-state index is -3.82. The second kappa shape index (κ2) is 7.27. The van der Waals surface area contributed by atoms with Crippen LogP contribution in [-0.4, -0.2) is 26.1 Å². The number of aryl methyl sites for hydroxylation is 2. The van der Waals surface area contributed by atoms with Crippen LogP contribution in [0.2, 0.25) is 0 Å². The molecular formula is C18H18N2O5S. The van der Waals surface area contributed by atoms with E-state index in [1.165, 1.54) is 6.07 Å². The Balaban J connectivity index is 1.62.